The van der Waals surface area contributed by atoms with Crippen LogP contribution in [0, 0.1) is 5.82 Å². The third-order valence-electron chi connectivity index (χ3n) is 3.49. The molecule has 0 radical (unpaired) electrons. The zero-order chi connectivity index (χ0) is 15.9. The van der Waals surface area contributed by atoms with Gasteiger partial charge < -0.3 is 10.6 Å². The van der Waals surface area contributed by atoms with E-state index in [1.54, 1.807) is 18.2 Å². The van der Waals surface area contributed by atoms with E-state index < -0.39 is 0 Å². The van der Waals surface area contributed by atoms with Gasteiger partial charge in [0.15, 0.2) is 6.54 Å². The quantitative estimate of drug-likeness (QED) is 0.843. The van der Waals surface area contributed by atoms with Crippen LogP contribution in [0.25, 0.3) is 0 Å². The third kappa shape index (κ3) is 4.83. The van der Waals surface area contributed by atoms with Crippen LogP contribution in [0.1, 0.15) is 24.1 Å². The first kappa shape index (κ1) is 16.5. The maximum atomic E-state index is 13.4. The summed E-state index contributed by atoms with van der Waals surface area (Å²) in [6.45, 7) is 2.51. The Morgan fingerprint density at radius 1 is 1.23 bits per heavy atom. The number of carbonyl (C=O) groups is 1. The number of benzene rings is 2. The van der Waals surface area contributed by atoms with E-state index in [1.807, 2.05) is 36.5 Å². The summed E-state index contributed by atoms with van der Waals surface area (Å²) in [6, 6.07) is 14.1. The van der Waals surface area contributed by atoms with Gasteiger partial charge in [0, 0.05) is 22.7 Å². The van der Waals surface area contributed by atoms with Crippen LogP contribution in [0.5, 0.6) is 0 Å². The molecule has 3 nitrogen and oxygen atoms in total. The van der Waals surface area contributed by atoms with E-state index in [4.69, 9.17) is 11.6 Å². The Morgan fingerprint density at radius 2 is 1.91 bits per heavy atom. The highest BCUT2D eigenvalue weighted by molar-refractivity contribution is 6.30. The minimum absolute atomic E-state index is 0.121. The largest absolute Gasteiger partial charge is 0.347 e. The van der Waals surface area contributed by atoms with Gasteiger partial charge in [-0.15, -0.1) is 0 Å². The number of halogens is 2. The van der Waals surface area contributed by atoms with Crippen molar-refractivity contribution in [1.29, 1.82) is 0 Å². The van der Waals surface area contributed by atoms with Crippen LogP contribution in [0.2, 0.25) is 5.02 Å². The summed E-state index contributed by atoms with van der Waals surface area (Å²) >= 11 is 5.85. The summed E-state index contributed by atoms with van der Waals surface area (Å²) < 4.78 is 13.4. The van der Waals surface area contributed by atoms with Gasteiger partial charge in [0.25, 0.3) is 5.91 Å². The molecule has 5 heteroatoms. The zero-order valence-corrected chi connectivity index (χ0v) is 13.1. The van der Waals surface area contributed by atoms with Crippen LogP contribution >= 0.6 is 11.6 Å². The molecule has 3 N–H and O–H groups in total. The highest BCUT2D eigenvalue weighted by atomic mass is 35.5. The Hall–Kier alpha value is -1.91. The van der Waals surface area contributed by atoms with Crippen molar-refractivity contribution < 1.29 is 14.5 Å². The van der Waals surface area contributed by atoms with Gasteiger partial charge in [0.2, 0.25) is 0 Å². The molecular formula is C17H19ClFN2O+. The second-order valence-electron chi connectivity index (χ2n) is 5.15. The van der Waals surface area contributed by atoms with E-state index in [0.717, 1.165) is 5.56 Å². The number of nitrogens with one attached hydrogen (secondary N) is 1. The fourth-order valence-electron chi connectivity index (χ4n) is 2.09. The van der Waals surface area contributed by atoms with E-state index in [2.05, 4.69) is 5.32 Å². The van der Waals surface area contributed by atoms with E-state index in [-0.39, 0.29) is 30.9 Å². The van der Waals surface area contributed by atoms with E-state index in [0.29, 0.717) is 10.6 Å². The van der Waals surface area contributed by atoms with Crippen molar-refractivity contribution in [3.05, 3.63) is 70.5 Å². The van der Waals surface area contributed by atoms with Crippen molar-refractivity contribution in [2.45, 2.75) is 19.5 Å². The summed E-state index contributed by atoms with van der Waals surface area (Å²) in [4.78, 5) is 11.8. The number of hydrogen-bond donors (Lipinski definition) is 2. The van der Waals surface area contributed by atoms with Crippen LogP contribution in [0.3, 0.4) is 0 Å². The first-order valence-electron chi connectivity index (χ1n) is 7.15. The molecule has 0 unspecified atom stereocenters. The van der Waals surface area contributed by atoms with Crippen LogP contribution in [-0.4, -0.2) is 12.5 Å². The topological polar surface area (TPSA) is 45.7 Å². The standard InChI is InChI=1S/C17H18ClFN2O/c1-12(13-6-8-15(18)9-7-13)20-11-17(22)21-10-14-4-2-3-5-16(14)19/h2-9,12,20H,10-11H2,1H3,(H,21,22)/p+1/t12-/m1/s1. The molecule has 2 aromatic rings. The van der Waals surface area contributed by atoms with Crippen LogP contribution in [0.4, 0.5) is 4.39 Å². The van der Waals surface area contributed by atoms with Gasteiger partial charge in [0.05, 0.1) is 0 Å². The predicted octanol–water partition coefficient (Wildman–Crippen LogP) is 2.42. The van der Waals surface area contributed by atoms with Crippen molar-refractivity contribution in [3.63, 3.8) is 0 Å². The van der Waals surface area contributed by atoms with Crippen molar-refractivity contribution in [1.82, 2.24) is 5.32 Å². The SMILES string of the molecule is C[C@@H]([NH2+]CC(=O)NCc1ccccc1F)c1ccc(Cl)cc1. The Morgan fingerprint density at radius 3 is 2.59 bits per heavy atom. The molecule has 0 heterocycles. The molecule has 0 aliphatic rings. The summed E-state index contributed by atoms with van der Waals surface area (Å²) in [6.07, 6.45) is 0. The summed E-state index contributed by atoms with van der Waals surface area (Å²) in [7, 11) is 0. The first-order chi connectivity index (χ1) is 10.6. The average molecular weight is 322 g/mol. The molecular weight excluding hydrogens is 303 g/mol. The van der Waals surface area contributed by atoms with Gasteiger partial charge >= 0.3 is 0 Å². The summed E-state index contributed by atoms with van der Waals surface area (Å²) in [5.74, 6) is -0.426. The second kappa shape index (κ2) is 7.92. The number of rotatable bonds is 6. The normalized spacial score (nSPS) is 12.0. The third-order valence-corrected chi connectivity index (χ3v) is 3.74. The Labute approximate surface area is 134 Å². The van der Waals surface area contributed by atoms with Crippen molar-refractivity contribution in [3.8, 4) is 0 Å². The van der Waals surface area contributed by atoms with Crippen LogP contribution in [-0.2, 0) is 11.3 Å². The number of amides is 1. The predicted molar refractivity (Wildman–Crippen MR) is 84.9 cm³/mol. The molecule has 1 atom stereocenters. The minimum atomic E-state index is -0.304. The monoisotopic (exact) mass is 321 g/mol. The molecule has 0 aliphatic carbocycles. The fourth-order valence-corrected chi connectivity index (χ4v) is 2.22. The van der Waals surface area contributed by atoms with E-state index >= 15 is 0 Å². The van der Waals surface area contributed by atoms with Gasteiger partial charge in [-0.1, -0.05) is 41.9 Å². The van der Waals surface area contributed by atoms with Crippen LogP contribution < -0.4 is 10.6 Å². The molecule has 1 amide bonds. The number of quaternary nitrogens is 1. The lowest BCUT2D eigenvalue weighted by molar-refractivity contribution is -0.682. The molecule has 0 fully saturated rings. The van der Waals surface area contributed by atoms with Gasteiger partial charge in [-0.2, -0.15) is 0 Å². The number of carbonyl (C=O) groups excluding carboxylic acids is 1. The molecule has 0 spiro atoms. The van der Waals surface area contributed by atoms with Gasteiger partial charge in [-0.25, -0.2) is 4.39 Å². The molecule has 0 saturated heterocycles. The molecule has 0 saturated carbocycles. The number of nitrogens with two attached hydrogens (primary N) is 1. The Bertz CT molecular complexity index is 631. The summed E-state index contributed by atoms with van der Waals surface area (Å²) in [5, 5.41) is 5.35. The average Bonchev–Trinajstić information content (AvgIpc) is 2.52. The Balaban J connectivity index is 1.78. The number of hydrogen-bond acceptors (Lipinski definition) is 1. The highest BCUT2D eigenvalue weighted by Crippen LogP contribution is 2.13. The highest BCUT2D eigenvalue weighted by Gasteiger charge is 2.11. The molecule has 116 valence electrons. The van der Waals surface area contributed by atoms with Crippen molar-refractivity contribution in [2.75, 3.05) is 6.54 Å². The smallest absolute Gasteiger partial charge is 0.275 e. The molecule has 0 bridgehead atoms. The van der Waals surface area contributed by atoms with Crippen molar-refractivity contribution in [2.24, 2.45) is 0 Å². The molecule has 0 aliphatic heterocycles. The van der Waals surface area contributed by atoms with Crippen molar-refractivity contribution >= 4 is 17.5 Å². The lowest BCUT2D eigenvalue weighted by Gasteiger charge is -2.11. The molecule has 2 rings (SSSR count). The van der Waals surface area contributed by atoms with E-state index in [9.17, 15) is 9.18 Å². The van der Waals surface area contributed by atoms with Gasteiger partial charge in [-0.3, -0.25) is 4.79 Å². The van der Waals surface area contributed by atoms with E-state index in [1.165, 1.54) is 6.07 Å². The van der Waals surface area contributed by atoms with Crippen LogP contribution in [0.15, 0.2) is 48.5 Å². The molecule has 22 heavy (non-hydrogen) atoms. The van der Waals surface area contributed by atoms with Gasteiger partial charge in [-0.05, 0) is 25.1 Å². The lowest BCUT2D eigenvalue weighted by Crippen LogP contribution is -2.87. The first-order valence-corrected chi connectivity index (χ1v) is 7.53. The lowest BCUT2D eigenvalue weighted by atomic mass is 10.1. The van der Waals surface area contributed by atoms with Gasteiger partial charge in [0.1, 0.15) is 11.9 Å². The fraction of sp³-hybridized carbons (Fsp3) is 0.235. The summed E-state index contributed by atoms with van der Waals surface area (Å²) in [5.41, 5.74) is 1.59. The molecule has 2 aromatic carbocycles. The Kier molecular flexibility index (Phi) is 5.92. The zero-order valence-electron chi connectivity index (χ0n) is 12.4. The minimum Gasteiger partial charge on any atom is -0.347 e. The second-order valence-corrected chi connectivity index (χ2v) is 5.58. The maximum absolute atomic E-state index is 13.4. The molecule has 0 aromatic heterocycles. The maximum Gasteiger partial charge on any atom is 0.275 e.